The Morgan fingerprint density at radius 2 is 2.07 bits per heavy atom. The molecule has 148 valence electrons. The van der Waals surface area contributed by atoms with Crippen LogP contribution in [0, 0.1) is 0 Å². The van der Waals surface area contributed by atoms with Gasteiger partial charge in [-0.05, 0) is 44.2 Å². The lowest BCUT2D eigenvalue weighted by Crippen LogP contribution is -2.48. The van der Waals surface area contributed by atoms with E-state index in [1.807, 2.05) is 24.1 Å². The molecule has 3 rings (SSSR count). The van der Waals surface area contributed by atoms with E-state index in [2.05, 4.69) is 25.9 Å². The van der Waals surface area contributed by atoms with E-state index in [-0.39, 0.29) is 18.5 Å². The second-order valence-corrected chi connectivity index (χ2v) is 7.16. The van der Waals surface area contributed by atoms with E-state index >= 15 is 0 Å². The summed E-state index contributed by atoms with van der Waals surface area (Å²) in [5, 5.41) is 8.46. The monoisotopic (exact) mass is 402 g/mol. The van der Waals surface area contributed by atoms with Gasteiger partial charge in [-0.3, -0.25) is 25.3 Å². The molecule has 2 aromatic rings. The number of likely N-dealkylation sites (N-methyl/N-ethyl adjacent to an activating group) is 1. The first-order valence-corrected chi connectivity index (χ1v) is 9.49. The average molecular weight is 403 g/mol. The second kappa shape index (κ2) is 9.48. The topological polar surface area (TPSA) is 90.5 Å². The molecule has 1 aromatic heterocycles. The van der Waals surface area contributed by atoms with Gasteiger partial charge < -0.3 is 4.90 Å². The number of nitrogens with zero attached hydrogens (tertiary/aromatic N) is 4. The van der Waals surface area contributed by atoms with Crippen molar-refractivity contribution in [1.29, 1.82) is 0 Å². The first-order chi connectivity index (χ1) is 13.5. The highest BCUT2D eigenvalue weighted by atomic mass is 35.5. The van der Waals surface area contributed by atoms with Crippen molar-refractivity contribution >= 4 is 29.2 Å². The molecule has 1 unspecified atom stereocenters. The van der Waals surface area contributed by atoms with Crippen molar-refractivity contribution in [3.63, 3.8) is 0 Å². The lowest BCUT2D eigenvalue weighted by Gasteiger charge is -2.28. The van der Waals surface area contributed by atoms with Crippen LogP contribution < -0.4 is 15.8 Å². The zero-order valence-corrected chi connectivity index (χ0v) is 16.4. The highest BCUT2D eigenvalue weighted by Gasteiger charge is 2.27. The number of halogens is 1. The highest BCUT2D eigenvalue weighted by molar-refractivity contribution is 6.33. The molecule has 1 aliphatic rings. The van der Waals surface area contributed by atoms with Crippen LogP contribution in [0.1, 0.15) is 23.2 Å². The van der Waals surface area contributed by atoms with Gasteiger partial charge in [0.25, 0.3) is 11.8 Å². The average Bonchev–Trinajstić information content (AvgIpc) is 3.15. The van der Waals surface area contributed by atoms with Crippen LogP contribution in [0.25, 0.3) is 0 Å². The Kier molecular flexibility index (Phi) is 6.78. The van der Waals surface area contributed by atoms with E-state index in [4.69, 9.17) is 11.6 Å². The molecule has 2 amide bonds. The third-order valence-corrected chi connectivity index (χ3v) is 4.93. The Balaban J connectivity index is 1.46. The summed E-state index contributed by atoms with van der Waals surface area (Å²) in [6, 6.07) is 10.8. The summed E-state index contributed by atoms with van der Waals surface area (Å²) in [6.45, 7) is 1.80. The maximum absolute atomic E-state index is 12.2. The summed E-state index contributed by atoms with van der Waals surface area (Å²) in [6.07, 6.45) is 3.77. The molecule has 0 saturated carbocycles. The molecule has 1 aliphatic heterocycles. The highest BCUT2D eigenvalue weighted by Crippen LogP contribution is 2.23. The number of amides is 2. The van der Waals surface area contributed by atoms with Crippen LogP contribution in [-0.2, 0) is 4.79 Å². The van der Waals surface area contributed by atoms with Crippen LogP contribution in [0.15, 0.2) is 42.6 Å². The predicted molar refractivity (Wildman–Crippen MR) is 107 cm³/mol. The van der Waals surface area contributed by atoms with Crippen LogP contribution in [-0.4, -0.2) is 59.6 Å². The maximum Gasteiger partial charge on any atom is 0.271 e. The Morgan fingerprint density at radius 1 is 1.25 bits per heavy atom. The van der Waals surface area contributed by atoms with Gasteiger partial charge in [-0.15, -0.1) is 5.10 Å². The van der Waals surface area contributed by atoms with Gasteiger partial charge in [0.2, 0.25) is 0 Å². The number of anilines is 1. The predicted octanol–water partition coefficient (Wildman–Crippen LogP) is 1.49. The number of benzene rings is 1. The molecule has 1 fully saturated rings. The van der Waals surface area contributed by atoms with Crippen LogP contribution in [0.5, 0.6) is 0 Å². The van der Waals surface area contributed by atoms with Crippen molar-refractivity contribution < 1.29 is 9.59 Å². The number of hydrogen-bond donors (Lipinski definition) is 2. The first kappa shape index (κ1) is 20.0. The SMILES string of the molecule is CN(CC(=O)NNC(=O)c1ccccc1Cl)CC1CCCN1c1cccnn1. The molecule has 1 atom stereocenters. The molecule has 0 spiro atoms. The molecular formula is C19H23ClN6O2. The van der Waals surface area contributed by atoms with Crippen molar-refractivity contribution in [2.24, 2.45) is 0 Å². The molecule has 2 N–H and O–H groups in total. The molecule has 8 nitrogen and oxygen atoms in total. The van der Waals surface area contributed by atoms with Gasteiger partial charge in [0.1, 0.15) is 0 Å². The van der Waals surface area contributed by atoms with Crippen LogP contribution in [0.2, 0.25) is 5.02 Å². The number of hydrogen-bond acceptors (Lipinski definition) is 6. The molecular weight excluding hydrogens is 380 g/mol. The number of nitrogens with one attached hydrogen (secondary N) is 2. The van der Waals surface area contributed by atoms with E-state index in [0.29, 0.717) is 17.1 Å². The van der Waals surface area contributed by atoms with Gasteiger partial charge in [-0.25, -0.2) is 0 Å². The quantitative estimate of drug-likeness (QED) is 0.711. The molecule has 9 heteroatoms. The number of aromatic nitrogens is 2. The number of carbonyl (C=O) groups excluding carboxylic acids is 2. The summed E-state index contributed by atoms with van der Waals surface area (Å²) in [4.78, 5) is 28.4. The second-order valence-electron chi connectivity index (χ2n) is 6.75. The molecule has 0 radical (unpaired) electrons. The van der Waals surface area contributed by atoms with Crippen molar-refractivity contribution in [3.05, 3.63) is 53.2 Å². The Morgan fingerprint density at radius 3 is 2.82 bits per heavy atom. The van der Waals surface area contributed by atoms with Crippen molar-refractivity contribution in [3.8, 4) is 0 Å². The molecule has 0 bridgehead atoms. The summed E-state index contributed by atoms with van der Waals surface area (Å²) in [7, 11) is 1.88. The Labute approximate surface area is 168 Å². The van der Waals surface area contributed by atoms with Gasteiger partial charge in [0.05, 0.1) is 17.1 Å². The lowest BCUT2D eigenvalue weighted by molar-refractivity contribution is -0.122. The first-order valence-electron chi connectivity index (χ1n) is 9.11. The summed E-state index contributed by atoms with van der Waals surface area (Å²) in [5.41, 5.74) is 5.14. The van der Waals surface area contributed by atoms with Crippen LogP contribution >= 0.6 is 11.6 Å². The summed E-state index contributed by atoms with van der Waals surface area (Å²) >= 11 is 5.98. The Hall–Kier alpha value is -2.71. The summed E-state index contributed by atoms with van der Waals surface area (Å²) < 4.78 is 0. The molecule has 28 heavy (non-hydrogen) atoms. The molecule has 2 heterocycles. The standard InChI is InChI=1S/C19H23ClN6O2/c1-25(12-14-6-5-11-26(14)17-9-4-10-21-22-17)13-18(27)23-24-19(28)15-7-2-3-8-16(15)20/h2-4,7-10,14H,5-6,11-13H2,1H3,(H,23,27)(H,24,28). The number of hydrazine groups is 1. The minimum absolute atomic E-state index is 0.160. The zero-order chi connectivity index (χ0) is 19.9. The fourth-order valence-electron chi connectivity index (χ4n) is 3.32. The van der Waals surface area contributed by atoms with Gasteiger partial charge in [-0.2, -0.15) is 5.10 Å². The van der Waals surface area contributed by atoms with Crippen molar-refractivity contribution in [2.45, 2.75) is 18.9 Å². The lowest BCUT2D eigenvalue weighted by atomic mass is 10.2. The van der Waals surface area contributed by atoms with Gasteiger partial charge in [-0.1, -0.05) is 23.7 Å². The third kappa shape index (κ3) is 5.17. The zero-order valence-electron chi connectivity index (χ0n) is 15.6. The van der Waals surface area contributed by atoms with Crippen LogP contribution in [0.4, 0.5) is 5.82 Å². The van der Waals surface area contributed by atoms with Gasteiger partial charge >= 0.3 is 0 Å². The fourth-order valence-corrected chi connectivity index (χ4v) is 3.54. The minimum Gasteiger partial charge on any atom is -0.351 e. The van der Waals surface area contributed by atoms with E-state index in [0.717, 1.165) is 25.2 Å². The normalized spacial score (nSPS) is 16.2. The van der Waals surface area contributed by atoms with Gasteiger partial charge in [0.15, 0.2) is 5.82 Å². The van der Waals surface area contributed by atoms with E-state index < -0.39 is 5.91 Å². The minimum atomic E-state index is -0.453. The molecule has 0 aliphatic carbocycles. The van der Waals surface area contributed by atoms with Crippen molar-refractivity contribution in [2.75, 3.05) is 31.6 Å². The Bertz CT molecular complexity index is 819. The fraction of sp³-hybridized carbons (Fsp3) is 0.368. The summed E-state index contributed by atoms with van der Waals surface area (Å²) in [5.74, 6) is 0.105. The molecule has 1 aromatic carbocycles. The van der Waals surface area contributed by atoms with E-state index in [1.165, 1.54) is 0 Å². The van der Waals surface area contributed by atoms with Crippen LogP contribution in [0.3, 0.4) is 0 Å². The smallest absolute Gasteiger partial charge is 0.271 e. The van der Waals surface area contributed by atoms with Crippen molar-refractivity contribution in [1.82, 2.24) is 25.9 Å². The largest absolute Gasteiger partial charge is 0.351 e. The third-order valence-electron chi connectivity index (χ3n) is 4.60. The maximum atomic E-state index is 12.2. The van der Waals surface area contributed by atoms with E-state index in [9.17, 15) is 9.59 Å². The van der Waals surface area contributed by atoms with Gasteiger partial charge in [0, 0.05) is 25.3 Å². The number of carbonyl (C=O) groups is 2. The molecule has 1 saturated heterocycles. The number of rotatable bonds is 6. The van der Waals surface area contributed by atoms with E-state index in [1.54, 1.807) is 30.5 Å².